The van der Waals surface area contributed by atoms with Crippen molar-refractivity contribution in [1.82, 2.24) is 20.9 Å². The number of hydrogen-bond donors (Lipinski definition) is 4. The first-order valence-electron chi connectivity index (χ1n) is 6.08. The average molecular weight is 250 g/mol. The summed E-state index contributed by atoms with van der Waals surface area (Å²) < 4.78 is 0. The van der Waals surface area contributed by atoms with Gasteiger partial charge >= 0.3 is 6.03 Å². The number of rotatable bonds is 4. The second-order valence-corrected chi connectivity index (χ2v) is 4.34. The maximum absolute atomic E-state index is 11.6. The highest BCUT2D eigenvalue weighted by atomic mass is 16.3. The van der Waals surface area contributed by atoms with Crippen molar-refractivity contribution in [3.05, 3.63) is 30.1 Å². The summed E-state index contributed by atoms with van der Waals surface area (Å²) in [5.41, 5.74) is 1.08. The van der Waals surface area contributed by atoms with Crippen LogP contribution >= 0.6 is 0 Å². The van der Waals surface area contributed by atoms with E-state index in [1.165, 1.54) is 0 Å². The van der Waals surface area contributed by atoms with Gasteiger partial charge in [0.1, 0.15) is 0 Å². The molecule has 0 spiro atoms. The number of urea groups is 1. The molecule has 6 heteroatoms. The standard InChI is InChI=1S/C12H18N4O2/c17-11-8-14-7-10(11)16-12(18)15-5-3-9-2-1-4-13-6-9/h1-2,4,6,10-11,14,17H,3,5,7-8H2,(H2,15,16,18). The van der Waals surface area contributed by atoms with Gasteiger partial charge < -0.3 is 21.1 Å². The first-order chi connectivity index (χ1) is 8.75. The van der Waals surface area contributed by atoms with Crippen LogP contribution in [0.25, 0.3) is 0 Å². The molecule has 1 aliphatic heterocycles. The van der Waals surface area contributed by atoms with Crippen LogP contribution in [0.2, 0.25) is 0 Å². The molecule has 6 nitrogen and oxygen atoms in total. The molecule has 4 N–H and O–H groups in total. The number of amides is 2. The molecule has 0 bridgehead atoms. The van der Waals surface area contributed by atoms with Crippen molar-refractivity contribution in [3.63, 3.8) is 0 Å². The molecule has 2 amide bonds. The van der Waals surface area contributed by atoms with Gasteiger partial charge in [-0.15, -0.1) is 0 Å². The predicted octanol–water partition coefficient (Wildman–Crippen LogP) is -0.744. The molecule has 98 valence electrons. The smallest absolute Gasteiger partial charge is 0.315 e. The number of hydrogen-bond acceptors (Lipinski definition) is 4. The molecule has 2 heterocycles. The fourth-order valence-electron chi connectivity index (χ4n) is 1.90. The van der Waals surface area contributed by atoms with Crippen LogP contribution in [-0.4, -0.2) is 47.9 Å². The van der Waals surface area contributed by atoms with E-state index in [1.54, 1.807) is 12.4 Å². The van der Waals surface area contributed by atoms with Gasteiger partial charge in [-0.25, -0.2) is 4.79 Å². The van der Waals surface area contributed by atoms with Gasteiger partial charge in [0.2, 0.25) is 0 Å². The normalized spacial score (nSPS) is 22.7. The van der Waals surface area contributed by atoms with Crippen LogP contribution in [0.15, 0.2) is 24.5 Å². The minimum Gasteiger partial charge on any atom is -0.390 e. The predicted molar refractivity (Wildman–Crippen MR) is 67.1 cm³/mol. The summed E-state index contributed by atoms with van der Waals surface area (Å²) in [4.78, 5) is 15.6. The number of carbonyl (C=O) groups excluding carboxylic acids is 1. The molecule has 2 rings (SSSR count). The Kier molecular flexibility index (Phi) is 4.49. The Bertz CT molecular complexity index is 385. The molecule has 1 fully saturated rings. The van der Waals surface area contributed by atoms with Crippen molar-refractivity contribution < 1.29 is 9.90 Å². The van der Waals surface area contributed by atoms with Crippen LogP contribution in [-0.2, 0) is 6.42 Å². The zero-order valence-electron chi connectivity index (χ0n) is 10.1. The highest BCUT2D eigenvalue weighted by Gasteiger charge is 2.25. The van der Waals surface area contributed by atoms with Gasteiger partial charge in [0.25, 0.3) is 0 Å². The molecule has 0 aliphatic carbocycles. The summed E-state index contributed by atoms with van der Waals surface area (Å²) >= 11 is 0. The molecular weight excluding hydrogens is 232 g/mol. The first-order valence-corrected chi connectivity index (χ1v) is 6.08. The van der Waals surface area contributed by atoms with Crippen LogP contribution in [0.3, 0.4) is 0 Å². The van der Waals surface area contributed by atoms with E-state index >= 15 is 0 Å². The van der Waals surface area contributed by atoms with E-state index in [-0.39, 0.29) is 12.1 Å². The molecule has 0 saturated carbocycles. The third-order valence-corrected chi connectivity index (χ3v) is 2.92. The monoisotopic (exact) mass is 250 g/mol. The van der Waals surface area contributed by atoms with Gasteiger partial charge in [0, 0.05) is 32.0 Å². The highest BCUT2D eigenvalue weighted by molar-refractivity contribution is 5.74. The third kappa shape index (κ3) is 3.68. The van der Waals surface area contributed by atoms with E-state index in [4.69, 9.17) is 0 Å². The lowest BCUT2D eigenvalue weighted by atomic mass is 10.2. The fourth-order valence-corrected chi connectivity index (χ4v) is 1.90. The van der Waals surface area contributed by atoms with Crippen molar-refractivity contribution in [2.24, 2.45) is 0 Å². The lowest BCUT2D eigenvalue weighted by Crippen LogP contribution is -2.47. The molecule has 1 aromatic heterocycles. The molecule has 1 saturated heterocycles. The van der Waals surface area contributed by atoms with Crippen LogP contribution in [0.1, 0.15) is 5.56 Å². The SMILES string of the molecule is O=C(NCCc1cccnc1)NC1CNCC1O. The van der Waals surface area contributed by atoms with E-state index < -0.39 is 6.10 Å². The maximum Gasteiger partial charge on any atom is 0.315 e. The number of aliphatic hydroxyl groups is 1. The summed E-state index contributed by atoms with van der Waals surface area (Å²) in [6.45, 7) is 1.69. The Balaban J connectivity index is 1.66. The molecule has 0 aromatic carbocycles. The fraction of sp³-hybridized carbons (Fsp3) is 0.500. The Morgan fingerprint density at radius 1 is 1.56 bits per heavy atom. The summed E-state index contributed by atoms with van der Waals surface area (Å²) in [7, 11) is 0. The van der Waals surface area contributed by atoms with Crippen LogP contribution in [0.4, 0.5) is 4.79 Å². The molecule has 18 heavy (non-hydrogen) atoms. The second-order valence-electron chi connectivity index (χ2n) is 4.34. The molecule has 0 radical (unpaired) electrons. The number of nitrogens with zero attached hydrogens (tertiary/aromatic N) is 1. The Morgan fingerprint density at radius 3 is 3.11 bits per heavy atom. The van der Waals surface area contributed by atoms with E-state index in [0.717, 1.165) is 12.0 Å². The Morgan fingerprint density at radius 2 is 2.44 bits per heavy atom. The summed E-state index contributed by atoms with van der Waals surface area (Å²) in [6.07, 6.45) is 3.74. The largest absolute Gasteiger partial charge is 0.390 e. The van der Waals surface area contributed by atoms with Crippen molar-refractivity contribution in [1.29, 1.82) is 0 Å². The lowest BCUT2D eigenvalue weighted by molar-refractivity contribution is 0.162. The average Bonchev–Trinajstić information content (AvgIpc) is 2.76. The van der Waals surface area contributed by atoms with Gasteiger partial charge in [-0.3, -0.25) is 4.98 Å². The Hall–Kier alpha value is -1.66. The van der Waals surface area contributed by atoms with Crippen molar-refractivity contribution >= 4 is 6.03 Å². The molecule has 2 unspecified atom stereocenters. The van der Waals surface area contributed by atoms with Gasteiger partial charge in [-0.2, -0.15) is 0 Å². The van der Waals surface area contributed by atoms with Gasteiger partial charge in [-0.1, -0.05) is 6.07 Å². The minimum atomic E-state index is -0.505. The van der Waals surface area contributed by atoms with E-state index in [1.807, 2.05) is 12.1 Å². The van der Waals surface area contributed by atoms with E-state index in [0.29, 0.717) is 19.6 Å². The maximum atomic E-state index is 11.6. The zero-order valence-corrected chi connectivity index (χ0v) is 10.1. The zero-order chi connectivity index (χ0) is 12.8. The van der Waals surface area contributed by atoms with Crippen LogP contribution < -0.4 is 16.0 Å². The summed E-state index contributed by atoms with van der Waals surface area (Å²) in [6, 6.07) is 3.39. The van der Waals surface area contributed by atoms with Crippen LogP contribution in [0, 0.1) is 0 Å². The highest BCUT2D eigenvalue weighted by Crippen LogP contribution is 1.99. The number of nitrogens with one attached hydrogen (secondary N) is 3. The molecule has 2 atom stereocenters. The molecule has 1 aliphatic rings. The van der Waals surface area contributed by atoms with Gasteiger partial charge in [-0.05, 0) is 18.1 Å². The third-order valence-electron chi connectivity index (χ3n) is 2.92. The van der Waals surface area contributed by atoms with Gasteiger partial charge in [0.05, 0.1) is 12.1 Å². The first kappa shape index (κ1) is 12.8. The number of β-amino-alcohol motifs (C(OH)–C–C–N with tert-alkyl or cyclic N) is 1. The molecular formula is C12H18N4O2. The van der Waals surface area contributed by atoms with E-state index in [2.05, 4.69) is 20.9 Å². The van der Waals surface area contributed by atoms with Gasteiger partial charge in [0.15, 0.2) is 0 Å². The van der Waals surface area contributed by atoms with Crippen LogP contribution in [0.5, 0.6) is 0 Å². The van der Waals surface area contributed by atoms with Crippen molar-refractivity contribution in [2.75, 3.05) is 19.6 Å². The lowest BCUT2D eigenvalue weighted by Gasteiger charge is -2.15. The summed E-state index contributed by atoms with van der Waals surface area (Å²) in [5.74, 6) is 0. The second kappa shape index (κ2) is 6.32. The minimum absolute atomic E-state index is 0.205. The quantitative estimate of drug-likeness (QED) is 0.567. The Labute approximate surface area is 106 Å². The number of pyridine rings is 1. The van der Waals surface area contributed by atoms with Crippen molar-refractivity contribution in [2.45, 2.75) is 18.6 Å². The van der Waals surface area contributed by atoms with Crippen molar-refractivity contribution in [3.8, 4) is 0 Å². The number of aliphatic hydroxyl groups excluding tert-OH is 1. The molecule has 1 aromatic rings. The summed E-state index contributed by atoms with van der Waals surface area (Å²) in [5, 5.41) is 18.0. The number of carbonyl (C=O) groups is 1. The van der Waals surface area contributed by atoms with E-state index in [9.17, 15) is 9.90 Å². The topological polar surface area (TPSA) is 86.3 Å². The number of aromatic nitrogens is 1.